The van der Waals surface area contributed by atoms with Gasteiger partial charge in [-0.25, -0.2) is 9.50 Å². The van der Waals surface area contributed by atoms with Crippen molar-refractivity contribution in [3.8, 4) is 0 Å². The number of hydrogen-bond acceptors (Lipinski definition) is 5. The molecule has 1 aliphatic carbocycles. The number of aromatic nitrogens is 4. The van der Waals surface area contributed by atoms with Crippen LogP contribution in [0.4, 0.5) is 0 Å². The van der Waals surface area contributed by atoms with Crippen LogP contribution in [0.25, 0.3) is 5.78 Å². The fraction of sp³-hybridized carbons (Fsp3) is 0.182. The van der Waals surface area contributed by atoms with Gasteiger partial charge in [-0.2, -0.15) is 4.98 Å². The Morgan fingerprint density at radius 3 is 2.76 bits per heavy atom. The summed E-state index contributed by atoms with van der Waals surface area (Å²) in [5, 5.41) is 5.84. The fourth-order valence-electron chi connectivity index (χ4n) is 3.66. The van der Waals surface area contributed by atoms with Crippen LogP contribution in [-0.4, -0.2) is 25.4 Å². The molecule has 0 spiro atoms. The second-order valence-electron chi connectivity index (χ2n) is 7.10. The standard InChI is InChI=1S/C22H17ClN4OS/c23-17-8-4-5-14(9-17)13-29-22-25-21-24-19-10-16(15-6-2-1-3-7-15)11-20(28)18(19)12-27(21)26-22/h1-9,12,16H,10-11,13H2/t16-/m0/s1. The number of rotatable bonds is 4. The number of ketones is 1. The Labute approximate surface area is 177 Å². The van der Waals surface area contributed by atoms with E-state index in [0.717, 1.165) is 17.7 Å². The molecule has 1 atom stereocenters. The van der Waals surface area contributed by atoms with E-state index in [4.69, 9.17) is 11.6 Å². The molecule has 2 aromatic heterocycles. The summed E-state index contributed by atoms with van der Waals surface area (Å²) in [4.78, 5) is 21.9. The maximum atomic E-state index is 12.7. The molecule has 144 valence electrons. The van der Waals surface area contributed by atoms with E-state index in [1.54, 1.807) is 10.7 Å². The van der Waals surface area contributed by atoms with E-state index >= 15 is 0 Å². The van der Waals surface area contributed by atoms with Gasteiger partial charge < -0.3 is 0 Å². The molecule has 5 rings (SSSR count). The first-order valence-corrected chi connectivity index (χ1v) is 10.7. The van der Waals surface area contributed by atoms with Crippen LogP contribution < -0.4 is 0 Å². The molecule has 7 heteroatoms. The third kappa shape index (κ3) is 3.78. The molecule has 0 N–H and O–H groups in total. The third-order valence-electron chi connectivity index (χ3n) is 5.09. The van der Waals surface area contributed by atoms with E-state index in [-0.39, 0.29) is 11.7 Å². The zero-order valence-electron chi connectivity index (χ0n) is 15.5. The molecule has 29 heavy (non-hydrogen) atoms. The van der Waals surface area contributed by atoms with Gasteiger partial charge in [0.25, 0.3) is 5.78 Å². The predicted molar refractivity (Wildman–Crippen MR) is 114 cm³/mol. The van der Waals surface area contributed by atoms with Gasteiger partial charge in [0.05, 0.1) is 11.3 Å². The monoisotopic (exact) mass is 420 g/mol. The van der Waals surface area contributed by atoms with E-state index in [9.17, 15) is 4.79 Å². The van der Waals surface area contributed by atoms with E-state index in [0.29, 0.717) is 33.7 Å². The Balaban J connectivity index is 1.41. The highest BCUT2D eigenvalue weighted by Gasteiger charge is 2.28. The van der Waals surface area contributed by atoms with E-state index in [1.165, 1.54) is 17.3 Å². The molecule has 0 unspecified atom stereocenters. The first kappa shape index (κ1) is 18.3. The Bertz CT molecular complexity index is 1210. The van der Waals surface area contributed by atoms with Gasteiger partial charge in [0.2, 0.25) is 5.16 Å². The third-order valence-corrected chi connectivity index (χ3v) is 6.23. The summed E-state index contributed by atoms with van der Waals surface area (Å²) in [6.07, 6.45) is 3.01. The van der Waals surface area contributed by atoms with Crippen LogP contribution in [0.1, 0.15) is 39.5 Å². The molecule has 0 saturated heterocycles. The van der Waals surface area contributed by atoms with Crippen molar-refractivity contribution in [3.05, 3.63) is 88.2 Å². The summed E-state index contributed by atoms with van der Waals surface area (Å²) >= 11 is 7.57. The highest BCUT2D eigenvalue weighted by atomic mass is 35.5. The van der Waals surface area contributed by atoms with Gasteiger partial charge in [0.1, 0.15) is 0 Å². The smallest absolute Gasteiger partial charge is 0.253 e. The van der Waals surface area contributed by atoms with E-state index in [2.05, 4.69) is 27.2 Å². The van der Waals surface area contributed by atoms with Gasteiger partial charge in [0, 0.05) is 23.4 Å². The SMILES string of the molecule is O=C1C[C@@H](c2ccccc2)Cc2nc3nc(SCc4cccc(Cl)c4)nn3cc21. The van der Waals surface area contributed by atoms with Crippen LogP contribution >= 0.6 is 23.4 Å². The van der Waals surface area contributed by atoms with Crippen LogP contribution in [0.3, 0.4) is 0 Å². The number of fused-ring (bicyclic) bond motifs is 2. The molecule has 5 nitrogen and oxygen atoms in total. The summed E-state index contributed by atoms with van der Waals surface area (Å²) in [7, 11) is 0. The Hall–Kier alpha value is -2.70. The number of thioether (sulfide) groups is 1. The molecule has 2 heterocycles. The predicted octanol–water partition coefficient (Wildman–Crippen LogP) is 4.98. The lowest BCUT2D eigenvalue weighted by atomic mass is 9.82. The number of Topliss-reactive ketones (excluding diaryl/α,β-unsaturated/α-hetero) is 1. The van der Waals surface area contributed by atoms with Gasteiger partial charge in [-0.05, 0) is 35.6 Å². The molecular formula is C22H17ClN4OS. The topological polar surface area (TPSA) is 60.2 Å². The van der Waals surface area contributed by atoms with Crippen molar-refractivity contribution in [1.29, 1.82) is 0 Å². The summed E-state index contributed by atoms with van der Waals surface area (Å²) in [5.41, 5.74) is 3.74. The largest absolute Gasteiger partial charge is 0.294 e. The number of hydrogen-bond donors (Lipinski definition) is 0. The van der Waals surface area contributed by atoms with Gasteiger partial charge in [-0.3, -0.25) is 4.79 Å². The summed E-state index contributed by atoms with van der Waals surface area (Å²) in [6, 6.07) is 17.9. The van der Waals surface area contributed by atoms with Crippen molar-refractivity contribution in [2.45, 2.75) is 29.7 Å². The molecular weight excluding hydrogens is 404 g/mol. The van der Waals surface area contributed by atoms with Crippen molar-refractivity contribution in [2.75, 3.05) is 0 Å². The van der Waals surface area contributed by atoms with Crippen LogP contribution in [0.2, 0.25) is 5.02 Å². The van der Waals surface area contributed by atoms with E-state index in [1.807, 2.05) is 42.5 Å². The summed E-state index contributed by atoms with van der Waals surface area (Å²) in [5.74, 6) is 1.51. The average Bonchev–Trinajstić information content (AvgIpc) is 3.13. The lowest BCUT2D eigenvalue weighted by molar-refractivity contribution is 0.0962. The van der Waals surface area contributed by atoms with Gasteiger partial charge in [0.15, 0.2) is 5.78 Å². The Morgan fingerprint density at radius 2 is 1.93 bits per heavy atom. The number of benzene rings is 2. The minimum Gasteiger partial charge on any atom is -0.294 e. The lowest BCUT2D eigenvalue weighted by Crippen LogP contribution is -2.21. The first-order valence-electron chi connectivity index (χ1n) is 9.37. The normalized spacial score (nSPS) is 16.2. The minimum absolute atomic E-state index is 0.109. The van der Waals surface area contributed by atoms with Gasteiger partial charge in [-0.1, -0.05) is 65.8 Å². The van der Waals surface area contributed by atoms with Crippen LogP contribution in [0, 0.1) is 0 Å². The second kappa shape index (κ2) is 7.61. The molecule has 0 bridgehead atoms. The molecule has 2 aromatic carbocycles. The number of nitrogens with zero attached hydrogens (tertiary/aromatic N) is 4. The maximum Gasteiger partial charge on any atom is 0.253 e. The van der Waals surface area contributed by atoms with Gasteiger partial charge in [-0.15, -0.1) is 5.10 Å². The average molecular weight is 421 g/mol. The highest BCUT2D eigenvalue weighted by molar-refractivity contribution is 7.98. The maximum absolute atomic E-state index is 12.7. The number of halogens is 1. The number of carbonyl (C=O) groups excluding carboxylic acids is 1. The zero-order chi connectivity index (χ0) is 19.8. The van der Waals surface area contributed by atoms with Crippen LogP contribution in [0.15, 0.2) is 66.0 Å². The van der Waals surface area contributed by atoms with Crippen molar-refractivity contribution >= 4 is 34.9 Å². The van der Waals surface area contributed by atoms with Crippen molar-refractivity contribution in [1.82, 2.24) is 19.6 Å². The highest BCUT2D eigenvalue weighted by Crippen LogP contribution is 2.32. The molecule has 0 aliphatic heterocycles. The number of carbonyl (C=O) groups is 1. The molecule has 0 fully saturated rings. The Kier molecular flexibility index (Phi) is 4.81. The fourth-order valence-corrected chi connectivity index (χ4v) is 4.64. The lowest BCUT2D eigenvalue weighted by Gasteiger charge is -2.22. The Morgan fingerprint density at radius 1 is 1.07 bits per heavy atom. The summed E-state index contributed by atoms with van der Waals surface area (Å²) < 4.78 is 1.61. The first-order chi connectivity index (χ1) is 14.2. The van der Waals surface area contributed by atoms with Crippen molar-refractivity contribution in [3.63, 3.8) is 0 Å². The molecule has 4 aromatic rings. The zero-order valence-corrected chi connectivity index (χ0v) is 17.0. The molecule has 0 saturated carbocycles. The quantitative estimate of drug-likeness (QED) is 0.435. The van der Waals surface area contributed by atoms with Crippen molar-refractivity contribution in [2.24, 2.45) is 0 Å². The summed E-state index contributed by atoms with van der Waals surface area (Å²) in [6.45, 7) is 0. The van der Waals surface area contributed by atoms with Crippen LogP contribution in [-0.2, 0) is 12.2 Å². The molecule has 0 amide bonds. The van der Waals surface area contributed by atoms with E-state index < -0.39 is 0 Å². The minimum atomic E-state index is 0.109. The van der Waals surface area contributed by atoms with Crippen molar-refractivity contribution < 1.29 is 4.79 Å². The van der Waals surface area contributed by atoms with Gasteiger partial charge >= 0.3 is 0 Å². The molecule has 1 aliphatic rings. The second-order valence-corrected chi connectivity index (χ2v) is 8.48. The molecule has 0 radical (unpaired) electrons. The van der Waals surface area contributed by atoms with Crippen LogP contribution in [0.5, 0.6) is 0 Å².